The van der Waals surface area contributed by atoms with Crippen LogP contribution in [0.3, 0.4) is 0 Å². The maximum absolute atomic E-state index is 5.41. The van der Waals surface area contributed by atoms with Gasteiger partial charge in [0.1, 0.15) is 0 Å². The van der Waals surface area contributed by atoms with Crippen LogP contribution in [0.1, 0.15) is 26.0 Å². The molecule has 108 valence electrons. The van der Waals surface area contributed by atoms with Gasteiger partial charge in [-0.25, -0.2) is 4.98 Å². The fourth-order valence-electron chi connectivity index (χ4n) is 2.55. The quantitative estimate of drug-likeness (QED) is 0.791. The lowest BCUT2D eigenvalue weighted by Gasteiger charge is -2.33. The largest absolute Gasteiger partial charge is 0.382 e. The molecule has 1 aliphatic rings. The summed E-state index contributed by atoms with van der Waals surface area (Å²) in [4.78, 5) is 7.07. The van der Waals surface area contributed by atoms with Crippen molar-refractivity contribution < 1.29 is 4.74 Å². The fraction of sp³-hybridized carbons (Fsp3) is 0.786. The van der Waals surface area contributed by atoms with Crippen molar-refractivity contribution in [1.82, 2.24) is 14.9 Å². The van der Waals surface area contributed by atoms with E-state index in [-0.39, 0.29) is 0 Å². The summed E-state index contributed by atoms with van der Waals surface area (Å²) in [7, 11) is 0. The minimum Gasteiger partial charge on any atom is -0.382 e. The molecule has 1 saturated heterocycles. The monoisotopic (exact) mass is 266 g/mol. The van der Waals surface area contributed by atoms with E-state index < -0.39 is 0 Å². The number of anilines is 1. The number of hydrogen-bond donors (Lipinski definition) is 1. The lowest BCUT2D eigenvalue weighted by atomic mass is 10.2. The molecular formula is C14H26N4O. The molecule has 1 N–H and O–H groups in total. The van der Waals surface area contributed by atoms with E-state index in [1.165, 1.54) is 0 Å². The molecule has 2 heterocycles. The van der Waals surface area contributed by atoms with Crippen LogP contribution in [0, 0.1) is 6.92 Å². The summed E-state index contributed by atoms with van der Waals surface area (Å²) < 4.78 is 7.68. The van der Waals surface area contributed by atoms with Gasteiger partial charge in [-0.15, -0.1) is 0 Å². The Morgan fingerprint density at radius 2 is 2.37 bits per heavy atom. The standard InChI is InChI=1S/C14H26N4O/c1-4-19-9-5-7-17-11-13(3)16-14(17)18-8-6-15-12(2)10-18/h11-12,15H,4-10H2,1-3H3. The number of piperazine rings is 1. The first kappa shape index (κ1) is 14.3. The summed E-state index contributed by atoms with van der Waals surface area (Å²) in [6.45, 7) is 12.0. The third-order valence-electron chi connectivity index (χ3n) is 3.42. The number of ether oxygens (including phenoxy) is 1. The molecule has 0 radical (unpaired) electrons. The van der Waals surface area contributed by atoms with Crippen LogP contribution in [0.25, 0.3) is 0 Å². The molecule has 0 aliphatic carbocycles. The zero-order chi connectivity index (χ0) is 13.7. The highest BCUT2D eigenvalue weighted by molar-refractivity contribution is 5.34. The van der Waals surface area contributed by atoms with Gasteiger partial charge in [0, 0.05) is 51.6 Å². The molecule has 2 rings (SSSR count). The highest BCUT2D eigenvalue weighted by Crippen LogP contribution is 2.16. The molecule has 5 nitrogen and oxygen atoms in total. The van der Waals surface area contributed by atoms with Gasteiger partial charge in [-0.05, 0) is 27.2 Å². The Kier molecular flexibility index (Phi) is 5.22. The Hall–Kier alpha value is -1.07. The Bertz CT molecular complexity index is 391. The summed E-state index contributed by atoms with van der Waals surface area (Å²) in [6.07, 6.45) is 3.19. The molecule has 1 atom stereocenters. The van der Waals surface area contributed by atoms with E-state index in [2.05, 4.69) is 39.8 Å². The van der Waals surface area contributed by atoms with Crippen LogP contribution < -0.4 is 10.2 Å². The van der Waals surface area contributed by atoms with E-state index >= 15 is 0 Å². The lowest BCUT2D eigenvalue weighted by molar-refractivity contribution is 0.141. The Labute approximate surface area is 116 Å². The van der Waals surface area contributed by atoms with Crippen molar-refractivity contribution in [2.24, 2.45) is 0 Å². The molecule has 1 aromatic rings. The maximum atomic E-state index is 5.41. The number of imidazole rings is 1. The van der Waals surface area contributed by atoms with Gasteiger partial charge in [0.05, 0.1) is 5.69 Å². The van der Waals surface area contributed by atoms with Gasteiger partial charge in [0.15, 0.2) is 0 Å². The summed E-state index contributed by atoms with van der Waals surface area (Å²) in [5, 5.41) is 3.47. The van der Waals surface area contributed by atoms with Crippen molar-refractivity contribution in [2.45, 2.75) is 39.8 Å². The Morgan fingerprint density at radius 1 is 1.53 bits per heavy atom. The Morgan fingerprint density at radius 3 is 3.11 bits per heavy atom. The molecule has 1 aliphatic heterocycles. The first-order chi connectivity index (χ1) is 9.20. The topological polar surface area (TPSA) is 42.3 Å². The highest BCUT2D eigenvalue weighted by Gasteiger charge is 2.20. The first-order valence-corrected chi connectivity index (χ1v) is 7.30. The predicted octanol–water partition coefficient (Wildman–Crippen LogP) is 1.42. The molecule has 1 unspecified atom stereocenters. The van der Waals surface area contributed by atoms with Gasteiger partial charge >= 0.3 is 0 Å². The van der Waals surface area contributed by atoms with Gasteiger partial charge in [-0.3, -0.25) is 0 Å². The molecule has 0 aromatic carbocycles. The number of nitrogens with one attached hydrogen (secondary N) is 1. The number of rotatable bonds is 6. The van der Waals surface area contributed by atoms with Gasteiger partial charge < -0.3 is 19.5 Å². The Balaban J connectivity index is 1.98. The fourth-order valence-corrected chi connectivity index (χ4v) is 2.55. The summed E-state index contributed by atoms with van der Waals surface area (Å²) in [6, 6.07) is 0.530. The van der Waals surface area contributed by atoms with Crippen LogP contribution in [0.15, 0.2) is 6.20 Å². The predicted molar refractivity (Wildman–Crippen MR) is 77.8 cm³/mol. The molecular weight excluding hydrogens is 240 g/mol. The minimum absolute atomic E-state index is 0.530. The van der Waals surface area contributed by atoms with Crippen LogP contribution in [0.5, 0.6) is 0 Å². The number of aryl methyl sites for hydroxylation is 2. The van der Waals surface area contributed by atoms with E-state index in [0.29, 0.717) is 6.04 Å². The minimum atomic E-state index is 0.530. The summed E-state index contributed by atoms with van der Waals surface area (Å²) in [5.74, 6) is 1.11. The average Bonchev–Trinajstić information content (AvgIpc) is 2.76. The second-order valence-corrected chi connectivity index (χ2v) is 5.23. The normalized spacial score (nSPS) is 19.9. The second-order valence-electron chi connectivity index (χ2n) is 5.23. The lowest BCUT2D eigenvalue weighted by Crippen LogP contribution is -2.50. The van der Waals surface area contributed by atoms with Crippen molar-refractivity contribution in [1.29, 1.82) is 0 Å². The molecule has 5 heteroatoms. The number of aromatic nitrogens is 2. The van der Waals surface area contributed by atoms with E-state index in [9.17, 15) is 0 Å². The van der Waals surface area contributed by atoms with E-state index in [1.54, 1.807) is 0 Å². The van der Waals surface area contributed by atoms with E-state index in [4.69, 9.17) is 4.74 Å². The molecule has 0 amide bonds. The highest BCUT2D eigenvalue weighted by atomic mass is 16.5. The van der Waals surface area contributed by atoms with Crippen LogP contribution in [0.4, 0.5) is 5.95 Å². The summed E-state index contributed by atoms with van der Waals surface area (Å²) >= 11 is 0. The van der Waals surface area contributed by atoms with Gasteiger partial charge in [-0.1, -0.05) is 0 Å². The molecule has 1 fully saturated rings. The van der Waals surface area contributed by atoms with Crippen molar-refractivity contribution >= 4 is 5.95 Å². The third kappa shape index (κ3) is 3.94. The van der Waals surface area contributed by atoms with E-state index in [0.717, 1.165) is 57.5 Å². The smallest absolute Gasteiger partial charge is 0.205 e. The zero-order valence-electron chi connectivity index (χ0n) is 12.4. The molecule has 0 spiro atoms. The molecule has 0 saturated carbocycles. The van der Waals surface area contributed by atoms with Crippen molar-refractivity contribution in [3.63, 3.8) is 0 Å². The zero-order valence-corrected chi connectivity index (χ0v) is 12.4. The third-order valence-corrected chi connectivity index (χ3v) is 3.42. The number of hydrogen-bond acceptors (Lipinski definition) is 4. The first-order valence-electron chi connectivity index (χ1n) is 7.30. The molecule has 0 bridgehead atoms. The van der Waals surface area contributed by atoms with Gasteiger partial charge in [-0.2, -0.15) is 0 Å². The maximum Gasteiger partial charge on any atom is 0.205 e. The van der Waals surface area contributed by atoms with Crippen LogP contribution >= 0.6 is 0 Å². The SMILES string of the molecule is CCOCCCn1cc(C)nc1N1CCNC(C)C1. The van der Waals surface area contributed by atoms with Crippen molar-refractivity contribution in [3.8, 4) is 0 Å². The van der Waals surface area contributed by atoms with Crippen LogP contribution in [-0.4, -0.2) is 48.4 Å². The summed E-state index contributed by atoms with van der Waals surface area (Å²) in [5.41, 5.74) is 1.09. The van der Waals surface area contributed by atoms with Crippen molar-refractivity contribution in [2.75, 3.05) is 37.7 Å². The van der Waals surface area contributed by atoms with Crippen molar-refractivity contribution in [3.05, 3.63) is 11.9 Å². The molecule has 19 heavy (non-hydrogen) atoms. The average molecular weight is 266 g/mol. The number of nitrogens with zero attached hydrogens (tertiary/aromatic N) is 3. The van der Waals surface area contributed by atoms with Gasteiger partial charge in [0.25, 0.3) is 0 Å². The van der Waals surface area contributed by atoms with Crippen LogP contribution in [-0.2, 0) is 11.3 Å². The van der Waals surface area contributed by atoms with E-state index in [1.807, 2.05) is 6.92 Å². The molecule has 1 aromatic heterocycles. The van der Waals surface area contributed by atoms with Gasteiger partial charge in [0.2, 0.25) is 5.95 Å². The van der Waals surface area contributed by atoms with Crippen LogP contribution in [0.2, 0.25) is 0 Å². The second kappa shape index (κ2) is 6.91.